The minimum atomic E-state index is 0.249. The lowest BCUT2D eigenvalue weighted by Gasteiger charge is -2.24. The molecule has 0 radical (unpaired) electrons. The number of ether oxygens (including phenoxy) is 1. The van der Waals surface area contributed by atoms with Gasteiger partial charge >= 0.3 is 0 Å². The summed E-state index contributed by atoms with van der Waals surface area (Å²) in [7, 11) is 0. The number of likely N-dealkylation sites (N-methyl/N-ethyl adjacent to an activating group) is 1. The Morgan fingerprint density at radius 1 is 1.29 bits per heavy atom. The predicted molar refractivity (Wildman–Crippen MR) is 82.3 cm³/mol. The van der Waals surface area contributed by atoms with Gasteiger partial charge in [-0.1, -0.05) is 25.9 Å². The van der Waals surface area contributed by atoms with Gasteiger partial charge in [0.25, 0.3) is 0 Å². The molecule has 2 heterocycles. The fourth-order valence-electron chi connectivity index (χ4n) is 3.18. The maximum Gasteiger partial charge on any atom is 0.231 e. The first-order chi connectivity index (χ1) is 10.1. The molecule has 0 aliphatic carbocycles. The number of aromatic nitrogens is 2. The fraction of sp³-hybridized carbons (Fsp3) is 0.875. The Morgan fingerprint density at radius 3 is 2.71 bits per heavy atom. The lowest BCUT2D eigenvalue weighted by Crippen LogP contribution is -2.34. The van der Waals surface area contributed by atoms with E-state index < -0.39 is 0 Å². The molecule has 0 spiro atoms. The summed E-state index contributed by atoms with van der Waals surface area (Å²) in [6.45, 7) is 10.5. The Morgan fingerprint density at radius 2 is 2.10 bits per heavy atom. The maximum absolute atomic E-state index is 5.75. The van der Waals surface area contributed by atoms with E-state index in [9.17, 15) is 0 Å². The molecule has 1 aliphatic rings. The molecule has 120 valence electrons. The van der Waals surface area contributed by atoms with Gasteiger partial charge in [-0.05, 0) is 38.6 Å². The van der Waals surface area contributed by atoms with E-state index in [-0.39, 0.29) is 12.0 Å². The van der Waals surface area contributed by atoms with Crippen LogP contribution in [0.2, 0.25) is 0 Å². The van der Waals surface area contributed by atoms with E-state index in [2.05, 4.69) is 43.2 Å². The summed E-state index contributed by atoms with van der Waals surface area (Å²) in [5.74, 6) is 2.24. The Balaban J connectivity index is 2.01. The number of nitrogens with zero attached hydrogens (tertiary/aromatic N) is 2. The molecule has 1 saturated heterocycles. The summed E-state index contributed by atoms with van der Waals surface area (Å²) in [4.78, 5) is 4.63. The van der Waals surface area contributed by atoms with Crippen LogP contribution in [0.5, 0.6) is 0 Å². The van der Waals surface area contributed by atoms with Crippen LogP contribution < -0.4 is 5.32 Å². The van der Waals surface area contributed by atoms with Gasteiger partial charge in [0.2, 0.25) is 5.89 Å². The van der Waals surface area contributed by atoms with Gasteiger partial charge in [0.15, 0.2) is 5.82 Å². The highest BCUT2D eigenvalue weighted by atomic mass is 16.5. The molecule has 3 unspecified atom stereocenters. The Bertz CT molecular complexity index is 413. The van der Waals surface area contributed by atoms with Gasteiger partial charge < -0.3 is 14.6 Å². The largest absolute Gasteiger partial charge is 0.378 e. The number of hydrogen-bond donors (Lipinski definition) is 1. The van der Waals surface area contributed by atoms with Crippen LogP contribution in [0.1, 0.15) is 64.6 Å². The van der Waals surface area contributed by atoms with Gasteiger partial charge in [-0.15, -0.1) is 0 Å². The molecule has 3 atom stereocenters. The average molecular weight is 295 g/mol. The molecule has 1 fully saturated rings. The van der Waals surface area contributed by atoms with Gasteiger partial charge in [0, 0.05) is 19.1 Å². The van der Waals surface area contributed by atoms with Gasteiger partial charge in [-0.2, -0.15) is 4.98 Å². The third-order valence-corrected chi connectivity index (χ3v) is 4.24. The quantitative estimate of drug-likeness (QED) is 0.838. The van der Waals surface area contributed by atoms with Crippen LogP contribution in [-0.2, 0) is 11.2 Å². The lowest BCUT2D eigenvalue weighted by molar-refractivity contribution is 0.0153. The fourth-order valence-corrected chi connectivity index (χ4v) is 3.18. The van der Waals surface area contributed by atoms with Crippen LogP contribution in [0.15, 0.2) is 4.52 Å². The zero-order chi connectivity index (χ0) is 15.2. The second kappa shape index (κ2) is 7.90. The van der Waals surface area contributed by atoms with Crippen molar-refractivity contribution in [2.75, 3.05) is 13.2 Å². The molecule has 5 heteroatoms. The first kappa shape index (κ1) is 16.4. The van der Waals surface area contributed by atoms with Gasteiger partial charge in [-0.25, -0.2) is 0 Å². The number of hydrogen-bond acceptors (Lipinski definition) is 5. The van der Waals surface area contributed by atoms with Crippen molar-refractivity contribution >= 4 is 0 Å². The van der Waals surface area contributed by atoms with Crippen LogP contribution >= 0.6 is 0 Å². The number of nitrogens with one attached hydrogen (secondary N) is 1. The third kappa shape index (κ3) is 4.51. The summed E-state index contributed by atoms with van der Waals surface area (Å²) >= 11 is 0. The van der Waals surface area contributed by atoms with Crippen molar-refractivity contribution in [2.45, 2.75) is 71.4 Å². The molecule has 1 N–H and O–H groups in total. The van der Waals surface area contributed by atoms with E-state index in [1.54, 1.807) is 0 Å². The van der Waals surface area contributed by atoms with E-state index >= 15 is 0 Å². The molecule has 5 nitrogen and oxygen atoms in total. The van der Waals surface area contributed by atoms with Crippen LogP contribution in [-0.4, -0.2) is 35.4 Å². The van der Waals surface area contributed by atoms with Crippen molar-refractivity contribution in [3.05, 3.63) is 11.7 Å². The van der Waals surface area contributed by atoms with Crippen molar-refractivity contribution in [1.82, 2.24) is 15.5 Å². The van der Waals surface area contributed by atoms with Crippen molar-refractivity contribution < 1.29 is 9.26 Å². The highest BCUT2D eigenvalue weighted by Crippen LogP contribution is 2.27. The Hall–Kier alpha value is -0.940. The maximum atomic E-state index is 5.75. The topological polar surface area (TPSA) is 60.2 Å². The van der Waals surface area contributed by atoms with E-state index in [1.165, 1.54) is 12.8 Å². The second-order valence-electron chi connectivity index (χ2n) is 6.36. The summed E-state index contributed by atoms with van der Waals surface area (Å²) < 4.78 is 11.3. The first-order valence-electron chi connectivity index (χ1n) is 8.29. The molecular formula is C16H29N3O2. The molecule has 0 amide bonds. The SMILES string of the molecule is CCNC(C)C(c1nc(CC2CCCCO2)no1)C(C)C. The minimum Gasteiger partial charge on any atom is -0.378 e. The summed E-state index contributed by atoms with van der Waals surface area (Å²) in [5, 5.41) is 7.63. The van der Waals surface area contributed by atoms with Gasteiger partial charge in [0.05, 0.1) is 12.0 Å². The highest BCUT2D eigenvalue weighted by Gasteiger charge is 2.28. The normalized spacial score (nSPS) is 22.4. The molecule has 0 bridgehead atoms. The third-order valence-electron chi connectivity index (χ3n) is 4.24. The van der Waals surface area contributed by atoms with Gasteiger partial charge in [-0.3, -0.25) is 0 Å². The molecular weight excluding hydrogens is 266 g/mol. The first-order valence-corrected chi connectivity index (χ1v) is 8.29. The van der Waals surface area contributed by atoms with E-state index in [0.717, 1.165) is 37.7 Å². The molecule has 0 saturated carbocycles. The molecule has 2 rings (SSSR count). The Labute approximate surface area is 127 Å². The smallest absolute Gasteiger partial charge is 0.231 e. The van der Waals surface area contributed by atoms with Gasteiger partial charge in [0.1, 0.15) is 0 Å². The predicted octanol–water partition coefficient (Wildman–Crippen LogP) is 2.92. The zero-order valence-electron chi connectivity index (χ0n) is 13.8. The van der Waals surface area contributed by atoms with Crippen LogP contribution in [0.25, 0.3) is 0 Å². The van der Waals surface area contributed by atoms with Crippen molar-refractivity contribution in [3.63, 3.8) is 0 Å². The van der Waals surface area contributed by atoms with Crippen LogP contribution in [0, 0.1) is 5.92 Å². The minimum absolute atomic E-state index is 0.249. The zero-order valence-corrected chi connectivity index (χ0v) is 13.8. The molecule has 21 heavy (non-hydrogen) atoms. The van der Waals surface area contributed by atoms with Crippen molar-refractivity contribution in [3.8, 4) is 0 Å². The molecule has 1 aliphatic heterocycles. The van der Waals surface area contributed by atoms with E-state index in [4.69, 9.17) is 9.26 Å². The van der Waals surface area contributed by atoms with E-state index in [0.29, 0.717) is 12.0 Å². The molecule has 0 aromatic carbocycles. The van der Waals surface area contributed by atoms with Crippen molar-refractivity contribution in [2.24, 2.45) is 5.92 Å². The standard InChI is InChI=1S/C16H29N3O2/c1-5-17-12(4)15(11(2)3)16-18-14(19-21-16)10-13-8-6-7-9-20-13/h11-13,15,17H,5-10H2,1-4H3. The second-order valence-corrected chi connectivity index (χ2v) is 6.36. The summed E-state index contributed by atoms with van der Waals surface area (Å²) in [6, 6.07) is 0.328. The summed E-state index contributed by atoms with van der Waals surface area (Å²) in [6.07, 6.45) is 4.54. The number of rotatable bonds is 7. The summed E-state index contributed by atoms with van der Waals surface area (Å²) in [5.41, 5.74) is 0. The van der Waals surface area contributed by atoms with Crippen LogP contribution in [0.3, 0.4) is 0 Å². The Kier molecular flexibility index (Phi) is 6.18. The van der Waals surface area contributed by atoms with Crippen LogP contribution in [0.4, 0.5) is 0 Å². The highest BCUT2D eigenvalue weighted by molar-refractivity contribution is 5.01. The molecule has 1 aromatic rings. The lowest BCUT2D eigenvalue weighted by atomic mass is 9.89. The monoisotopic (exact) mass is 295 g/mol. The average Bonchev–Trinajstić information content (AvgIpc) is 2.88. The van der Waals surface area contributed by atoms with E-state index in [1.807, 2.05) is 0 Å². The van der Waals surface area contributed by atoms with Crippen molar-refractivity contribution in [1.29, 1.82) is 0 Å². The molecule has 1 aromatic heterocycles.